The SMILES string of the molecule is Cc1c(C)n(Cc2ccccc2)c2ncn3nc(-c4ccccc4Br)nc3c12. The van der Waals surface area contributed by atoms with Gasteiger partial charge in [-0.05, 0) is 37.1 Å². The Hall–Kier alpha value is -2.99. The molecule has 28 heavy (non-hydrogen) atoms. The maximum absolute atomic E-state index is 4.86. The van der Waals surface area contributed by atoms with Crippen molar-refractivity contribution in [3.63, 3.8) is 0 Å². The fraction of sp³-hybridized carbons (Fsp3) is 0.136. The topological polar surface area (TPSA) is 48.0 Å². The monoisotopic (exact) mass is 431 g/mol. The predicted molar refractivity (Wildman–Crippen MR) is 114 cm³/mol. The molecule has 138 valence electrons. The van der Waals surface area contributed by atoms with Crippen molar-refractivity contribution < 1.29 is 0 Å². The van der Waals surface area contributed by atoms with Crippen LogP contribution in [0.5, 0.6) is 0 Å². The maximum atomic E-state index is 4.86. The van der Waals surface area contributed by atoms with Crippen LogP contribution in [0.15, 0.2) is 65.4 Å². The predicted octanol–water partition coefficient (Wildman–Crippen LogP) is 5.17. The van der Waals surface area contributed by atoms with Crippen LogP contribution in [0.25, 0.3) is 28.1 Å². The first kappa shape index (κ1) is 17.1. The quantitative estimate of drug-likeness (QED) is 0.395. The van der Waals surface area contributed by atoms with Crippen LogP contribution in [-0.2, 0) is 6.54 Å². The molecule has 0 N–H and O–H groups in total. The third-order valence-corrected chi connectivity index (χ3v) is 5.94. The average molecular weight is 432 g/mol. The highest BCUT2D eigenvalue weighted by atomic mass is 79.9. The largest absolute Gasteiger partial charge is 0.325 e. The highest BCUT2D eigenvalue weighted by Crippen LogP contribution is 2.30. The molecule has 6 heteroatoms. The lowest BCUT2D eigenvalue weighted by molar-refractivity contribution is 0.787. The van der Waals surface area contributed by atoms with E-state index >= 15 is 0 Å². The third-order valence-electron chi connectivity index (χ3n) is 5.24. The number of aromatic nitrogens is 5. The minimum absolute atomic E-state index is 0.689. The molecule has 0 amide bonds. The van der Waals surface area contributed by atoms with Crippen LogP contribution in [0.3, 0.4) is 0 Å². The van der Waals surface area contributed by atoms with Crippen molar-refractivity contribution in [2.24, 2.45) is 0 Å². The van der Waals surface area contributed by atoms with Crippen molar-refractivity contribution in [1.82, 2.24) is 24.1 Å². The van der Waals surface area contributed by atoms with E-state index in [2.05, 4.69) is 63.7 Å². The Balaban J connectivity index is 1.72. The van der Waals surface area contributed by atoms with Crippen molar-refractivity contribution in [2.45, 2.75) is 20.4 Å². The van der Waals surface area contributed by atoms with Gasteiger partial charge in [0.1, 0.15) is 12.0 Å². The molecule has 2 aromatic carbocycles. The maximum Gasteiger partial charge on any atom is 0.183 e. The van der Waals surface area contributed by atoms with E-state index in [-0.39, 0.29) is 0 Å². The molecular formula is C22H18BrN5. The van der Waals surface area contributed by atoms with E-state index in [0.717, 1.165) is 33.3 Å². The standard InChI is InChI=1S/C22H18BrN5/c1-14-15(2)27(12-16-8-4-3-5-9-16)21-19(14)22-25-20(26-28(22)13-24-21)17-10-6-7-11-18(17)23/h3-11,13H,12H2,1-2H3. The number of halogens is 1. The van der Waals surface area contributed by atoms with Gasteiger partial charge in [-0.25, -0.2) is 14.5 Å². The van der Waals surface area contributed by atoms with Crippen LogP contribution in [0.2, 0.25) is 0 Å². The van der Waals surface area contributed by atoms with Gasteiger partial charge in [0.25, 0.3) is 0 Å². The molecule has 0 aliphatic carbocycles. The molecule has 3 aromatic heterocycles. The minimum Gasteiger partial charge on any atom is -0.325 e. The number of aryl methyl sites for hydroxylation is 1. The summed E-state index contributed by atoms with van der Waals surface area (Å²) < 4.78 is 5.01. The van der Waals surface area contributed by atoms with Gasteiger partial charge in [-0.3, -0.25) is 0 Å². The summed E-state index contributed by atoms with van der Waals surface area (Å²) in [5.41, 5.74) is 6.39. The highest BCUT2D eigenvalue weighted by molar-refractivity contribution is 9.10. The third kappa shape index (κ3) is 2.64. The Labute approximate surface area is 170 Å². The van der Waals surface area contributed by atoms with Crippen LogP contribution < -0.4 is 0 Å². The summed E-state index contributed by atoms with van der Waals surface area (Å²) in [6.07, 6.45) is 1.76. The first-order valence-electron chi connectivity index (χ1n) is 9.13. The molecule has 0 fully saturated rings. The molecule has 0 aliphatic heterocycles. The van der Waals surface area contributed by atoms with Gasteiger partial charge in [-0.1, -0.05) is 58.4 Å². The van der Waals surface area contributed by atoms with E-state index in [9.17, 15) is 0 Å². The summed E-state index contributed by atoms with van der Waals surface area (Å²) in [5, 5.41) is 5.72. The van der Waals surface area contributed by atoms with E-state index in [1.807, 2.05) is 30.3 Å². The number of hydrogen-bond acceptors (Lipinski definition) is 3. The first-order chi connectivity index (χ1) is 13.6. The van der Waals surface area contributed by atoms with Gasteiger partial charge in [0, 0.05) is 22.3 Å². The molecular weight excluding hydrogens is 414 g/mol. The van der Waals surface area contributed by atoms with Crippen molar-refractivity contribution in [3.05, 3.63) is 82.2 Å². The van der Waals surface area contributed by atoms with Gasteiger partial charge in [0.05, 0.1) is 5.39 Å². The van der Waals surface area contributed by atoms with Gasteiger partial charge < -0.3 is 4.57 Å². The Kier molecular flexibility index (Phi) is 4.02. The lowest BCUT2D eigenvalue weighted by Crippen LogP contribution is -2.03. The molecule has 5 aromatic rings. The molecule has 0 spiro atoms. The average Bonchev–Trinajstić information content (AvgIpc) is 3.24. The fourth-order valence-electron chi connectivity index (χ4n) is 3.65. The molecule has 0 aliphatic rings. The van der Waals surface area contributed by atoms with E-state index in [0.29, 0.717) is 5.82 Å². The highest BCUT2D eigenvalue weighted by Gasteiger charge is 2.19. The van der Waals surface area contributed by atoms with Gasteiger partial charge in [-0.15, -0.1) is 5.10 Å². The van der Waals surface area contributed by atoms with Crippen molar-refractivity contribution in [3.8, 4) is 11.4 Å². The fourth-order valence-corrected chi connectivity index (χ4v) is 4.11. The zero-order valence-corrected chi connectivity index (χ0v) is 17.2. The summed E-state index contributed by atoms with van der Waals surface area (Å²) in [6.45, 7) is 5.06. The van der Waals surface area contributed by atoms with Crippen molar-refractivity contribution in [1.29, 1.82) is 0 Å². The molecule has 0 radical (unpaired) electrons. The number of hydrogen-bond donors (Lipinski definition) is 0. The Morgan fingerprint density at radius 2 is 1.68 bits per heavy atom. The number of nitrogens with zero attached hydrogens (tertiary/aromatic N) is 5. The molecule has 0 unspecified atom stereocenters. The van der Waals surface area contributed by atoms with Crippen LogP contribution in [-0.4, -0.2) is 24.1 Å². The van der Waals surface area contributed by atoms with Crippen molar-refractivity contribution in [2.75, 3.05) is 0 Å². The molecule has 5 nitrogen and oxygen atoms in total. The van der Waals surface area contributed by atoms with Gasteiger partial charge in [0.15, 0.2) is 11.5 Å². The van der Waals surface area contributed by atoms with Gasteiger partial charge in [0.2, 0.25) is 0 Å². The number of fused-ring (bicyclic) bond motifs is 3. The van der Waals surface area contributed by atoms with Gasteiger partial charge >= 0.3 is 0 Å². The second-order valence-electron chi connectivity index (χ2n) is 6.91. The Morgan fingerprint density at radius 1 is 0.929 bits per heavy atom. The van der Waals surface area contributed by atoms with E-state index in [1.54, 1.807) is 10.8 Å². The number of benzene rings is 2. The lowest BCUT2D eigenvalue weighted by atomic mass is 10.2. The zero-order chi connectivity index (χ0) is 19.3. The normalized spacial score (nSPS) is 11.5. The second-order valence-corrected chi connectivity index (χ2v) is 7.76. The van der Waals surface area contributed by atoms with E-state index < -0.39 is 0 Å². The number of rotatable bonds is 3. The van der Waals surface area contributed by atoms with Crippen LogP contribution in [0, 0.1) is 13.8 Å². The summed E-state index contributed by atoms with van der Waals surface area (Å²) in [6, 6.07) is 18.4. The van der Waals surface area contributed by atoms with Crippen LogP contribution in [0.4, 0.5) is 0 Å². The molecule has 0 saturated heterocycles. The summed E-state index contributed by atoms with van der Waals surface area (Å²) in [5.74, 6) is 0.689. The molecule has 0 atom stereocenters. The van der Waals surface area contributed by atoms with E-state index in [4.69, 9.17) is 9.97 Å². The lowest BCUT2D eigenvalue weighted by Gasteiger charge is -2.07. The Bertz CT molecular complexity index is 1320. The minimum atomic E-state index is 0.689. The molecule has 0 saturated carbocycles. The summed E-state index contributed by atoms with van der Waals surface area (Å²) >= 11 is 3.60. The summed E-state index contributed by atoms with van der Waals surface area (Å²) in [7, 11) is 0. The molecule has 0 bridgehead atoms. The molecule has 3 heterocycles. The second kappa shape index (κ2) is 6.56. The molecule has 5 rings (SSSR count). The van der Waals surface area contributed by atoms with E-state index in [1.165, 1.54) is 16.8 Å². The zero-order valence-electron chi connectivity index (χ0n) is 15.6. The first-order valence-corrected chi connectivity index (χ1v) is 9.92. The van der Waals surface area contributed by atoms with Crippen LogP contribution >= 0.6 is 15.9 Å². The Morgan fingerprint density at radius 3 is 2.46 bits per heavy atom. The van der Waals surface area contributed by atoms with Gasteiger partial charge in [-0.2, -0.15) is 0 Å². The van der Waals surface area contributed by atoms with Crippen LogP contribution in [0.1, 0.15) is 16.8 Å². The van der Waals surface area contributed by atoms with Crippen molar-refractivity contribution >= 4 is 32.6 Å². The summed E-state index contributed by atoms with van der Waals surface area (Å²) in [4.78, 5) is 9.59. The smallest absolute Gasteiger partial charge is 0.183 e.